The van der Waals surface area contributed by atoms with Crippen molar-refractivity contribution in [3.63, 3.8) is 0 Å². The second-order valence-electron chi connectivity index (χ2n) is 9.62. The van der Waals surface area contributed by atoms with Gasteiger partial charge in [-0.3, -0.25) is 5.41 Å². The average Bonchev–Trinajstić information content (AvgIpc) is 3.65. The van der Waals surface area contributed by atoms with Crippen molar-refractivity contribution in [2.75, 3.05) is 13.1 Å². The van der Waals surface area contributed by atoms with Crippen LogP contribution < -0.4 is 0 Å². The number of rotatable bonds is 7. The summed E-state index contributed by atoms with van der Waals surface area (Å²) >= 11 is 5.52. The van der Waals surface area contributed by atoms with E-state index in [0.717, 1.165) is 30.6 Å². The fourth-order valence-corrected chi connectivity index (χ4v) is 5.87. The third kappa shape index (κ3) is 4.45. The highest BCUT2D eigenvalue weighted by Gasteiger charge is 2.33. The van der Waals surface area contributed by atoms with E-state index < -0.39 is 0 Å². The maximum atomic E-state index is 8.49. The molecule has 0 spiro atoms. The van der Waals surface area contributed by atoms with Crippen molar-refractivity contribution in [2.24, 2.45) is 10.2 Å². The van der Waals surface area contributed by atoms with Crippen molar-refractivity contribution in [1.29, 1.82) is 5.41 Å². The van der Waals surface area contributed by atoms with Gasteiger partial charge in [-0.1, -0.05) is 36.4 Å². The molecule has 0 amide bonds. The summed E-state index contributed by atoms with van der Waals surface area (Å²) < 4.78 is 11.8. The SMILES string of the molecule is CCN1C(=N)/C(=C\c2cc3oc(/N=N/c4ccc5c(c4)CCC5Cc4ccccc4)cc3o2)N(CC)C1=S. The van der Waals surface area contributed by atoms with E-state index in [1.54, 1.807) is 11.0 Å². The molecule has 8 heteroatoms. The van der Waals surface area contributed by atoms with Crippen molar-refractivity contribution < 1.29 is 8.83 Å². The number of thiocarbonyl (C=S) groups is 1. The zero-order valence-corrected chi connectivity index (χ0v) is 22.3. The molecule has 4 aromatic rings. The summed E-state index contributed by atoms with van der Waals surface area (Å²) in [4.78, 5) is 3.74. The third-order valence-electron chi connectivity index (χ3n) is 7.31. The van der Waals surface area contributed by atoms with Crippen LogP contribution in [0.2, 0.25) is 0 Å². The van der Waals surface area contributed by atoms with Crippen LogP contribution in [0.15, 0.2) is 85.4 Å². The molecule has 38 heavy (non-hydrogen) atoms. The lowest BCUT2D eigenvalue weighted by Gasteiger charge is -2.17. The van der Waals surface area contributed by atoms with E-state index in [1.807, 2.05) is 37.0 Å². The van der Waals surface area contributed by atoms with E-state index in [0.29, 0.717) is 52.8 Å². The summed E-state index contributed by atoms with van der Waals surface area (Å²) in [5.74, 6) is 1.92. The number of benzene rings is 2. The van der Waals surface area contributed by atoms with Gasteiger partial charge in [0.15, 0.2) is 22.1 Å². The fraction of sp³-hybridized carbons (Fsp3) is 0.267. The molecule has 2 aliphatic rings. The summed E-state index contributed by atoms with van der Waals surface area (Å²) in [6, 6.07) is 20.6. The quantitative estimate of drug-likeness (QED) is 0.196. The Labute approximate surface area is 227 Å². The van der Waals surface area contributed by atoms with Crippen molar-refractivity contribution >= 4 is 52.0 Å². The van der Waals surface area contributed by atoms with Crippen LogP contribution in [-0.2, 0) is 12.8 Å². The molecule has 1 aliphatic heterocycles. The highest BCUT2D eigenvalue weighted by Crippen LogP contribution is 2.38. The Bertz CT molecular complexity index is 1550. The van der Waals surface area contributed by atoms with E-state index in [-0.39, 0.29) is 0 Å². The van der Waals surface area contributed by atoms with Gasteiger partial charge in [0.05, 0.1) is 11.4 Å². The van der Waals surface area contributed by atoms with Gasteiger partial charge < -0.3 is 18.6 Å². The number of azo groups is 1. The maximum absolute atomic E-state index is 8.49. The number of aryl methyl sites for hydroxylation is 1. The molecule has 0 radical (unpaired) electrons. The number of furan rings is 2. The smallest absolute Gasteiger partial charge is 0.242 e. The van der Waals surface area contributed by atoms with Gasteiger partial charge in [0.25, 0.3) is 0 Å². The van der Waals surface area contributed by atoms with Gasteiger partial charge in [-0.25, -0.2) is 0 Å². The van der Waals surface area contributed by atoms with Crippen molar-refractivity contribution in [3.8, 4) is 0 Å². The second kappa shape index (κ2) is 10.0. The second-order valence-corrected chi connectivity index (χ2v) is 9.98. The van der Waals surface area contributed by atoms with Crippen molar-refractivity contribution in [2.45, 2.75) is 39.0 Å². The minimum atomic E-state index is 0.377. The van der Waals surface area contributed by atoms with Crippen LogP contribution in [0.3, 0.4) is 0 Å². The molecule has 1 saturated heterocycles. The number of nitrogens with zero attached hydrogens (tertiary/aromatic N) is 4. The first-order valence-electron chi connectivity index (χ1n) is 13.1. The number of amidine groups is 1. The molecule has 0 saturated carbocycles. The standard InChI is InChI=1S/C30H29N5O2S/c1-3-34-25(29(31)35(4-2)30(34)38)16-23-17-26-27(36-23)18-28(37-26)33-32-22-12-13-24-20(10-11-21(24)15-22)14-19-8-6-5-7-9-19/h5-9,12-13,15-18,20,31H,3-4,10-11,14H2,1-2H3/b25-16+,31-29?,33-32+. The van der Waals surface area contributed by atoms with Crippen molar-refractivity contribution in [3.05, 3.63) is 88.8 Å². The number of likely N-dealkylation sites (N-methyl/N-ethyl adjacent to an activating group) is 2. The summed E-state index contributed by atoms with van der Waals surface area (Å²) in [5.41, 5.74) is 6.87. The first kappa shape index (κ1) is 24.3. The van der Waals surface area contributed by atoms with Gasteiger partial charge >= 0.3 is 0 Å². The zero-order valence-electron chi connectivity index (χ0n) is 21.5. The largest absolute Gasteiger partial charge is 0.453 e. The number of hydrogen-bond acceptors (Lipinski definition) is 6. The Morgan fingerprint density at radius 2 is 1.76 bits per heavy atom. The zero-order chi connectivity index (χ0) is 26.2. The maximum Gasteiger partial charge on any atom is 0.242 e. The molecule has 1 atom stereocenters. The summed E-state index contributed by atoms with van der Waals surface area (Å²) in [7, 11) is 0. The number of hydrogen-bond donors (Lipinski definition) is 1. The highest BCUT2D eigenvalue weighted by atomic mass is 32.1. The van der Waals surface area contributed by atoms with E-state index in [1.165, 1.54) is 16.7 Å². The van der Waals surface area contributed by atoms with Crippen LogP contribution in [0.25, 0.3) is 17.2 Å². The molecule has 1 fully saturated rings. The Morgan fingerprint density at radius 1 is 0.974 bits per heavy atom. The molecule has 2 aromatic carbocycles. The lowest BCUT2D eigenvalue weighted by molar-refractivity contribution is 0.545. The van der Waals surface area contributed by atoms with Gasteiger partial charge in [-0.15, -0.1) is 10.2 Å². The topological polar surface area (TPSA) is 81.3 Å². The molecular formula is C30H29N5O2S. The van der Waals surface area contributed by atoms with Gasteiger partial charge in [-0.05, 0) is 80.1 Å². The molecule has 1 N–H and O–H groups in total. The third-order valence-corrected chi connectivity index (χ3v) is 7.75. The van der Waals surface area contributed by atoms with Gasteiger partial charge in [0, 0.05) is 31.3 Å². The van der Waals surface area contributed by atoms with E-state index in [9.17, 15) is 0 Å². The van der Waals surface area contributed by atoms with E-state index >= 15 is 0 Å². The molecule has 1 unspecified atom stereocenters. The molecular weight excluding hydrogens is 494 g/mol. The minimum absolute atomic E-state index is 0.377. The first-order valence-corrected chi connectivity index (χ1v) is 13.5. The number of nitrogens with one attached hydrogen (secondary N) is 1. The first-order chi connectivity index (χ1) is 18.5. The Morgan fingerprint density at radius 3 is 2.53 bits per heavy atom. The molecule has 6 rings (SSSR count). The van der Waals surface area contributed by atoms with Crippen LogP contribution in [0.4, 0.5) is 11.6 Å². The number of fused-ring (bicyclic) bond motifs is 2. The van der Waals surface area contributed by atoms with Gasteiger partial charge in [-0.2, -0.15) is 0 Å². The van der Waals surface area contributed by atoms with Crippen LogP contribution in [0, 0.1) is 5.41 Å². The molecule has 192 valence electrons. The van der Waals surface area contributed by atoms with Crippen LogP contribution >= 0.6 is 12.2 Å². The predicted octanol–water partition coefficient (Wildman–Crippen LogP) is 7.97. The van der Waals surface area contributed by atoms with Gasteiger partial charge in [0.2, 0.25) is 5.88 Å². The van der Waals surface area contributed by atoms with Crippen molar-refractivity contribution in [1.82, 2.24) is 9.80 Å². The summed E-state index contributed by atoms with van der Waals surface area (Å²) in [6.45, 7) is 5.33. The molecule has 7 nitrogen and oxygen atoms in total. The predicted molar refractivity (Wildman–Crippen MR) is 153 cm³/mol. The molecule has 1 aliphatic carbocycles. The van der Waals surface area contributed by atoms with Gasteiger partial charge in [0.1, 0.15) is 5.76 Å². The highest BCUT2D eigenvalue weighted by molar-refractivity contribution is 7.80. The molecule has 3 heterocycles. The van der Waals surface area contributed by atoms with Crippen LogP contribution in [0.1, 0.15) is 48.6 Å². The van der Waals surface area contributed by atoms with E-state index in [4.69, 9.17) is 26.5 Å². The lowest BCUT2D eigenvalue weighted by atomic mass is 9.93. The lowest BCUT2D eigenvalue weighted by Crippen LogP contribution is -2.32. The van der Waals surface area contributed by atoms with E-state index in [2.05, 4.69) is 52.7 Å². The average molecular weight is 524 g/mol. The summed E-state index contributed by atoms with van der Waals surface area (Å²) in [6.07, 6.45) is 5.13. The fourth-order valence-electron chi connectivity index (χ4n) is 5.42. The summed E-state index contributed by atoms with van der Waals surface area (Å²) in [5, 5.41) is 17.9. The molecule has 2 aromatic heterocycles. The Hall–Kier alpha value is -4.04. The normalized spacial score (nSPS) is 18.6. The Kier molecular flexibility index (Phi) is 6.41. The minimum Gasteiger partial charge on any atom is -0.453 e. The monoisotopic (exact) mass is 523 g/mol. The van der Waals surface area contributed by atoms with Crippen LogP contribution in [-0.4, -0.2) is 33.8 Å². The Balaban J connectivity index is 1.17. The molecule has 0 bridgehead atoms. The van der Waals surface area contributed by atoms with Crippen LogP contribution in [0.5, 0.6) is 0 Å².